The van der Waals surface area contributed by atoms with Crippen molar-refractivity contribution in [2.24, 2.45) is 0 Å². The average Bonchev–Trinajstić information content (AvgIpc) is 2.55. The summed E-state index contributed by atoms with van der Waals surface area (Å²) in [5, 5.41) is 3.22. The third kappa shape index (κ3) is 4.14. The summed E-state index contributed by atoms with van der Waals surface area (Å²) in [7, 11) is 0. The van der Waals surface area contributed by atoms with Gasteiger partial charge in [-0.15, -0.1) is 0 Å². The van der Waals surface area contributed by atoms with Gasteiger partial charge in [0.1, 0.15) is 5.15 Å². The number of hydrogen-bond acceptors (Lipinski definition) is 4. The van der Waals surface area contributed by atoms with Gasteiger partial charge in [0.15, 0.2) is 11.6 Å². The molecule has 1 aliphatic rings. The molecule has 0 bridgehead atoms. The van der Waals surface area contributed by atoms with E-state index in [9.17, 15) is 22.0 Å². The van der Waals surface area contributed by atoms with Crippen molar-refractivity contribution in [2.75, 3.05) is 5.32 Å². The van der Waals surface area contributed by atoms with Gasteiger partial charge >= 0.3 is 12.8 Å². The van der Waals surface area contributed by atoms with Crippen LogP contribution in [-0.4, -0.2) is 16.6 Å². The Bertz CT molecular complexity index is 800. The third-order valence-corrected chi connectivity index (χ3v) is 4.22. The van der Waals surface area contributed by atoms with Crippen LogP contribution in [-0.2, 0) is 12.6 Å². The first-order valence-electron chi connectivity index (χ1n) is 7.67. The van der Waals surface area contributed by atoms with Crippen LogP contribution < -0.4 is 10.1 Å². The van der Waals surface area contributed by atoms with E-state index in [1.165, 1.54) is 0 Å². The Morgan fingerprint density at radius 1 is 1.19 bits per heavy atom. The van der Waals surface area contributed by atoms with Crippen LogP contribution in [0, 0.1) is 0 Å². The number of anilines is 1. The number of ether oxygens (including phenoxy) is 1. The lowest BCUT2D eigenvalue weighted by Gasteiger charge is -2.27. The lowest BCUT2D eigenvalue weighted by molar-refractivity contribution is -0.138. The first kappa shape index (κ1) is 18.6. The number of alkyl halides is 5. The monoisotopic (exact) mass is 393 g/mol. The van der Waals surface area contributed by atoms with Crippen molar-refractivity contribution in [1.29, 1.82) is 0 Å². The van der Waals surface area contributed by atoms with Crippen molar-refractivity contribution in [2.45, 2.75) is 38.1 Å². The zero-order valence-electron chi connectivity index (χ0n) is 13.2. The molecule has 0 aromatic carbocycles. The van der Waals surface area contributed by atoms with Crippen LogP contribution >= 0.6 is 11.6 Å². The van der Waals surface area contributed by atoms with E-state index in [0.29, 0.717) is 23.8 Å². The van der Waals surface area contributed by atoms with E-state index in [1.807, 2.05) is 0 Å². The fourth-order valence-corrected chi connectivity index (χ4v) is 3.05. The molecule has 0 amide bonds. The summed E-state index contributed by atoms with van der Waals surface area (Å²) in [6.45, 7) is -3.28. The molecule has 4 nitrogen and oxygen atoms in total. The number of fused-ring (bicyclic) bond motifs is 1. The molecule has 1 unspecified atom stereocenters. The first-order chi connectivity index (χ1) is 12.2. The molecule has 2 aromatic rings. The van der Waals surface area contributed by atoms with Crippen molar-refractivity contribution in [3.63, 3.8) is 0 Å². The van der Waals surface area contributed by atoms with Crippen molar-refractivity contribution in [1.82, 2.24) is 9.97 Å². The zero-order chi connectivity index (χ0) is 18.9. The molecule has 0 saturated carbocycles. The summed E-state index contributed by atoms with van der Waals surface area (Å²) in [6, 6.07) is 1.86. The van der Waals surface area contributed by atoms with Gasteiger partial charge in [-0.3, -0.25) is 0 Å². The summed E-state index contributed by atoms with van der Waals surface area (Å²) >= 11 is 5.87. The summed E-state index contributed by atoms with van der Waals surface area (Å²) < 4.78 is 67.9. The molecule has 10 heteroatoms. The van der Waals surface area contributed by atoms with E-state index in [0.717, 1.165) is 24.0 Å². The predicted molar refractivity (Wildman–Crippen MR) is 84.4 cm³/mol. The number of hydrogen-bond donors (Lipinski definition) is 1. The molecule has 1 aliphatic carbocycles. The van der Waals surface area contributed by atoms with Crippen LogP contribution in [0.3, 0.4) is 0 Å². The molecule has 0 aliphatic heterocycles. The summed E-state index contributed by atoms with van der Waals surface area (Å²) in [6.07, 6.45) is -0.388. The van der Waals surface area contributed by atoms with E-state index in [1.54, 1.807) is 12.3 Å². The second-order valence-corrected chi connectivity index (χ2v) is 6.13. The van der Waals surface area contributed by atoms with Crippen molar-refractivity contribution in [3.8, 4) is 5.75 Å². The van der Waals surface area contributed by atoms with Gasteiger partial charge in [-0.2, -0.15) is 22.0 Å². The molecule has 0 fully saturated rings. The quantitative estimate of drug-likeness (QED) is 0.570. The van der Waals surface area contributed by atoms with E-state index < -0.39 is 24.1 Å². The van der Waals surface area contributed by atoms with Gasteiger partial charge in [-0.1, -0.05) is 11.6 Å². The van der Waals surface area contributed by atoms with E-state index in [4.69, 9.17) is 11.6 Å². The summed E-state index contributed by atoms with van der Waals surface area (Å²) in [5.41, 5.74) is 0.568. The maximum atomic E-state index is 12.8. The van der Waals surface area contributed by atoms with Gasteiger partial charge in [0.25, 0.3) is 0 Å². The fourth-order valence-electron chi connectivity index (χ4n) is 2.87. The van der Waals surface area contributed by atoms with Gasteiger partial charge in [-0.05, 0) is 42.5 Å². The molecular formula is C16H13ClF5N3O. The Labute approximate surface area is 150 Å². The molecule has 0 saturated heterocycles. The number of pyridine rings is 2. The number of halogens is 6. The van der Waals surface area contributed by atoms with Crippen LogP contribution in [0.15, 0.2) is 24.5 Å². The van der Waals surface area contributed by atoms with Crippen LogP contribution in [0.1, 0.15) is 35.6 Å². The van der Waals surface area contributed by atoms with Gasteiger partial charge in [0.05, 0.1) is 11.6 Å². The number of nitrogens with one attached hydrogen (secondary N) is 1. The topological polar surface area (TPSA) is 47.0 Å². The smallest absolute Gasteiger partial charge is 0.418 e. The summed E-state index contributed by atoms with van der Waals surface area (Å²) in [5.74, 6) is -0.852. The van der Waals surface area contributed by atoms with Gasteiger partial charge in [0.2, 0.25) is 0 Å². The van der Waals surface area contributed by atoms with Crippen molar-refractivity contribution < 1.29 is 26.7 Å². The Morgan fingerprint density at radius 3 is 2.65 bits per heavy atom. The molecule has 3 rings (SSSR count). The van der Waals surface area contributed by atoms with Crippen LogP contribution in [0.5, 0.6) is 5.75 Å². The van der Waals surface area contributed by atoms with Crippen molar-refractivity contribution >= 4 is 17.4 Å². The first-order valence-corrected chi connectivity index (χ1v) is 8.04. The number of nitrogens with zero attached hydrogens (tertiary/aromatic N) is 2. The lowest BCUT2D eigenvalue weighted by Crippen LogP contribution is -2.20. The van der Waals surface area contributed by atoms with Crippen molar-refractivity contribution in [3.05, 3.63) is 46.4 Å². The molecule has 1 N–H and O–H groups in total. The van der Waals surface area contributed by atoms with Crippen LogP contribution in [0.2, 0.25) is 5.15 Å². The zero-order valence-corrected chi connectivity index (χ0v) is 13.9. The van der Waals surface area contributed by atoms with Gasteiger partial charge < -0.3 is 10.1 Å². The Morgan fingerprint density at radius 2 is 1.96 bits per heavy atom. The Hall–Kier alpha value is -2.16. The number of aryl methyl sites for hydroxylation is 1. The number of rotatable bonds is 4. The highest BCUT2D eigenvalue weighted by molar-refractivity contribution is 6.29. The third-order valence-electron chi connectivity index (χ3n) is 4.01. The molecule has 1 atom stereocenters. The average molecular weight is 394 g/mol. The molecular weight excluding hydrogens is 381 g/mol. The molecule has 26 heavy (non-hydrogen) atoms. The Balaban J connectivity index is 1.93. The van der Waals surface area contributed by atoms with Crippen LogP contribution in [0.25, 0.3) is 0 Å². The SMILES string of the molecule is FC(F)Oc1cc(C(F)(F)F)cnc1NC1CCCc2cc(Cl)ncc21. The molecule has 0 radical (unpaired) electrons. The Kier molecular flexibility index (Phi) is 5.17. The van der Waals surface area contributed by atoms with E-state index in [-0.39, 0.29) is 11.9 Å². The minimum absolute atomic E-state index is 0.189. The van der Waals surface area contributed by atoms with E-state index >= 15 is 0 Å². The second kappa shape index (κ2) is 7.22. The fraction of sp³-hybridized carbons (Fsp3) is 0.375. The minimum Gasteiger partial charge on any atom is -0.431 e. The van der Waals surface area contributed by atoms with Crippen LogP contribution in [0.4, 0.5) is 27.8 Å². The normalized spacial score (nSPS) is 17.1. The molecule has 0 spiro atoms. The highest BCUT2D eigenvalue weighted by Gasteiger charge is 2.33. The maximum Gasteiger partial charge on any atom is 0.418 e. The highest BCUT2D eigenvalue weighted by atomic mass is 35.5. The summed E-state index contributed by atoms with van der Waals surface area (Å²) in [4.78, 5) is 7.65. The van der Waals surface area contributed by atoms with Gasteiger partial charge in [-0.25, -0.2) is 9.97 Å². The second-order valence-electron chi connectivity index (χ2n) is 5.74. The van der Waals surface area contributed by atoms with E-state index in [2.05, 4.69) is 20.0 Å². The maximum absolute atomic E-state index is 12.8. The largest absolute Gasteiger partial charge is 0.431 e. The predicted octanol–water partition coefficient (Wildman–Crippen LogP) is 5.24. The molecule has 2 aromatic heterocycles. The standard InChI is InChI=1S/C16H13ClF5N3O/c17-13-4-8-2-1-3-11(10(8)7-23-13)25-14-12(26-15(18)19)5-9(6-24-14)16(20,21)22/h4-7,11,15H,1-3H2,(H,24,25). The molecule has 140 valence electrons. The minimum atomic E-state index is -4.72. The lowest BCUT2D eigenvalue weighted by atomic mass is 9.89. The van der Waals surface area contributed by atoms with Gasteiger partial charge in [0, 0.05) is 12.4 Å². The molecule has 2 heterocycles. The number of aromatic nitrogens is 2. The highest BCUT2D eigenvalue weighted by Crippen LogP contribution is 2.38.